The van der Waals surface area contributed by atoms with E-state index >= 15 is 0 Å². The summed E-state index contributed by atoms with van der Waals surface area (Å²) in [4.78, 5) is 19.0. The lowest BCUT2D eigenvalue weighted by molar-refractivity contribution is 0.298. The summed E-state index contributed by atoms with van der Waals surface area (Å²) in [5.41, 5.74) is 2.23. The van der Waals surface area contributed by atoms with E-state index in [1.165, 1.54) is 17.3 Å². The minimum absolute atomic E-state index is 0.0531. The monoisotopic (exact) mass is 320 g/mol. The van der Waals surface area contributed by atoms with E-state index < -0.39 is 0 Å². The summed E-state index contributed by atoms with van der Waals surface area (Å²) in [7, 11) is 0. The first-order chi connectivity index (χ1) is 10.6. The molecule has 0 saturated heterocycles. The van der Waals surface area contributed by atoms with Crippen LogP contribution in [-0.2, 0) is 6.42 Å². The van der Waals surface area contributed by atoms with Crippen LogP contribution in [0, 0.1) is 13.8 Å². The summed E-state index contributed by atoms with van der Waals surface area (Å²) >= 11 is 1.44. The maximum atomic E-state index is 11.9. The molecule has 5 nitrogen and oxygen atoms in total. The second-order valence-corrected chi connectivity index (χ2v) is 6.00. The minimum atomic E-state index is -0.177. The van der Waals surface area contributed by atoms with Gasteiger partial charge in [0.05, 0.1) is 6.61 Å². The number of benzene rings is 1. The molecule has 1 aromatic heterocycles. The van der Waals surface area contributed by atoms with E-state index in [9.17, 15) is 4.79 Å². The summed E-state index contributed by atoms with van der Waals surface area (Å²) in [6.07, 6.45) is 0.329. The Morgan fingerprint density at radius 2 is 2.00 bits per heavy atom. The lowest BCUT2D eigenvalue weighted by Crippen LogP contribution is -2.18. The fraction of sp³-hybridized carbons (Fsp3) is 0.375. The average molecular weight is 320 g/mol. The van der Waals surface area contributed by atoms with E-state index in [-0.39, 0.29) is 12.2 Å². The van der Waals surface area contributed by atoms with E-state index in [0.29, 0.717) is 35.2 Å². The summed E-state index contributed by atoms with van der Waals surface area (Å²) in [5.74, 6) is 1.53. The molecule has 0 spiro atoms. The molecule has 0 aliphatic heterocycles. The van der Waals surface area contributed by atoms with Crippen molar-refractivity contribution >= 4 is 11.8 Å². The van der Waals surface area contributed by atoms with Crippen molar-refractivity contribution in [3.8, 4) is 5.75 Å². The molecule has 0 atom stereocenters. The number of nitrogens with zero attached hydrogens (tertiary/aromatic N) is 1. The number of aromatic nitrogens is 2. The van der Waals surface area contributed by atoms with Crippen molar-refractivity contribution in [1.82, 2.24) is 9.97 Å². The third-order valence-corrected chi connectivity index (χ3v) is 4.01. The van der Waals surface area contributed by atoms with Crippen molar-refractivity contribution in [2.24, 2.45) is 0 Å². The topological polar surface area (TPSA) is 75.2 Å². The summed E-state index contributed by atoms with van der Waals surface area (Å²) < 4.78 is 5.63. The summed E-state index contributed by atoms with van der Waals surface area (Å²) in [6.45, 7) is 4.30. The normalized spacial score (nSPS) is 10.7. The van der Waals surface area contributed by atoms with Crippen molar-refractivity contribution in [3.05, 3.63) is 51.4 Å². The molecular weight excluding hydrogens is 300 g/mol. The van der Waals surface area contributed by atoms with Crippen molar-refractivity contribution in [1.29, 1.82) is 0 Å². The largest absolute Gasteiger partial charge is 0.493 e. The van der Waals surface area contributed by atoms with Gasteiger partial charge in [0.15, 0.2) is 5.16 Å². The quantitative estimate of drug-likeness (QED) is 0.464. The lowest BCUT2D eigenvalue weighted by atomic mass is 10.2. The summed E-state index contributed by atoms with van der Waals surface area (Å²) in [6, 6.07) is 7.89. The smallest absolute Gasteiger partial charge is 0.255 e. The van der Waals surface area contributed by atoms with E-state index in [4.69, 9.17) is 9.84 Å². The predicted octanol–water partition coefficient (Wildman–Crippen LogP) is 2.09. The number of ether oxygens (including phenoxy) is 1. The fourth-order valence-corrected chi connectivity index (χ4v) is 2.72. The fourth-order valence-electron chi connectivity index (χ4n) is 1.99. The molecule has 2 rings (SSSR count). The number of thioether (sulfide) groups is 1. The van der Waals surface area contributed by atoms with Crippen molar-refractivity contribution in [3.63, 3.8) is 0 Å². The van der Waals surface area contributed by atoms with Gasteiger partial charge >= 0.3 is 0 Å². The first kappa shape index (κ1) is 16.6. The molecule has 0 bridgehead atoms. The Morgan fingerprint density at radius 3 is 2.64 bits per heavy atom. The second-order valence-electron chi connectivity index (χ2n) is 4.92. The third-order valence-electron chi connectivity index (χ3n) is 3.17. The van der Waals surface area contributed by atoms with Crippen LogP contribution >= 0.6 is 11.8 Å². The Bertz CT molecular complexity index is 668. The predicted molar refractivity (Wildman–Crippen MR) is 87.8 cm³/mol. The van der Waals surface area contributed by atoms with Gasteiger partial charge < -0.3 is 14.8 Å². The molecule has 118 valence electrons. The van der Waals surface area contributed by atoms with Gasteiger partial charge in [0.25, 0.3) is 5.56 Å². The number of hydrogen-bond donors (Lipinski definition) is 2. The van der Waals surface area contributed by atoms with Crippen molar-refractivity contribution in [2.75, 3.05) is 19.0 Å². The Labute approximate surface area is 133 Å². The van der Waals surface area contributed by atoms with E-state index in [0.717, 1.165) is 5.75 Å². The van der Waals surface area contributed by atoms with E-state index in [2.05, 4.69) is 9.97 Å². The van der Waals surface area contributed by atoms with E-state index in [1.807, 2.05) is 31.2 Å². The molecule has 6 heteroatoms. The molecule has 0 amide bonds. The van der Waals surface area contributed by atoms with E-state index in [1.54, 1.807) is 6.92 Å². The van der Waals surface area contributed by atoms with Crippen LogP contribution in [-0.4, -0.2) is 34.0 Å². The molecule has 0 aliphatic rings. The van der Waals surface area contributed by atoms with Crippen LogP contribution in [0.1, 0.15) is 16.8 Å². The van der Waals surface area contributed by atoms with Crippen molar-refractivity contribution in [2.45, 2.75) is 25.4 Å². The molecular formula is C16H20N2O3S. The van der Waals surface area contributed by atoms with Gasteiger partial charge in [0.2, 0.25) is 0 Å². The Morgan fingerprint density at radius 1 is 1.27 bits per heavy atom. The number of nitrogens with one attached hydrogen (secondary N) is 1. The van der Waals surface area contributed by atoms with Crippen LogP contribution in [0.5, 0.6) is 5.75 Å². The van der Waals surface area contributed by atoms with Gasteiger partial charge in [-0.05, 0) is 26.0 Å². The molecule has 1 heterocycles. The first-order valence-electron chi connectivity index (χ1n) is 7.13. The van der Waals surface area contributed by atoms with Crippen LogP contribution in [0.2, 0.25) is 0 Å². The van der Waals surface area contributed by atoms with Gasteiger partial charge in [-0.15, -0.1) is 0 Å². The van der Waals surface area contributed by atoms with Crippen LogP contribution in [0.4, 0.5) is 0 Å². The van der Waals surface area contributed by atoms with Crippen molar-refractivity contribution < 1.29 is 9.84 Å². The molecule has 1 aromatic carbocycles. The zero-order valence-electron chi connectivity index (χ0n) is 12.8. The van der Waals surface area contributed by atoms with Crippen LogP contribution < -0.4 is 10.3 Å². The maximum absolute atomic E-state index is 11.9. The first-order valence-corrected chi connectivity index (χ1v) is 8.11. The number of aliphatic hydroxyl groups excluding tert-OH is 1. The molecule has 0 aliphatic carbocycles. The van der Waals surface area contributed by atoms with Crippen LogP contribution in [0.3, 0.4) is 0 Å². The molecule has 2 aromatic rings. The Kier molecular flexibility index (Phi) is 6.03. The van der Waals surface area contributed by atoms with Gasteiger partial charge in [0, 0.05) is 30.0 Å². The van der Waals surface area contributed by atoms with Crippen LogP contribution in [0.15, 0.2) is 34.2 Å². The number of hydrogen-bond acceptors (Lipinski definition) is 5. The zero-order valence-corrected chi connectivity index (χ0v) is 13.6. The highest BCUT2D eigenvalue weighted by atomic mass is 32.2. The van der Waals surface area contributed by atoms with Gasteiger partial charge in [-0.3, -0.25) is 4.79 Å². The van der Waals surface area contributed by atoms with Gasteiger partial charge in [0.1, 0.15) is 5.75 Å². The number of aryl methyl sites for hydroxylation is 2. The Hall–Kier alpha value is -1.79. The Balaban J connectivity index is 1.87. The van der Waals surface area contributed by atoms with Crippen LogP contribution in [0.25, 0.3) is 0 Å². The van der Waals surface area contributed by atoms with Gasteiger partial charge in [-0.1, -0.05) is 29.5 Å². The highest BCUT2D eigenvalue weighted by Gasteiger charge is 2.08. The second kappa shape index (κ2) is 8.00. The highest BCUT2D eigenvalue weighted by molar-refractivity contribution is 7.99. The standard InChI is InChI=1S/C16H20N2O3S/c1-11-3-5-13(6-4-11)21-9-10-22-16-17-12(2)14(7-8-19)15(20)18-16/h3-6,19H,7-10H2,1-2H3,(H,17,18,20). The molecule has 0 radical (unpaired) electrons. The number of rotatable bonds is 7. The molecule has 22 heavy (non-hydrogen) atoms. The SMILES string of the molecule is Cc1ccc(OCCSc2nc(C)c(CCO)c(=O)[nH]2)cc1. The average Bonchev–Trinajstić information content (AvgIpc) is 2.49. The minimum Gasteiger partial charge on any atom is -0.493 e. The van der Waals surface area contributed by atoms with Gasteiger partial charge in [-0.2, -0.15) is 0 Å². The molecule has 0 saturated carbocycles. The van der Waals surface area contributed by atoms with Gasteiger partial charge in [-0.25, -0.2) is 4.98 Å². The molecule has 0 unspecified atom stereocenters. The molecule has 2 N–H and O–H groups in total. The third kappa shape index (κ3) is 4.61. The zero-order chi connectivity index (χ0) is 15.9. The maximum Gasteiger partial charge on any atom is 0.255 e. The summed E-state index contributed by atoms with van der Waals surface area (Å²) in [5, 5.41) is 9.51. The highest BCUT2D eigenvalue weighted by Crippen LogP contribution is 2.15. The lowest BCUT2D eigenvalue weighted by Gasteiger charge is -2.07. The molecule has 0 fully saturated rings. The number of aliphatic hydroxyl groups is 1. The number of aromatic amines is 1. The number of H-pyrrole nitrogens is 1.